The van der Waals surface area contributed by atoms with Crippen LogP contribution in [0.2, 0.25) is 0 Å². The molecule has 0 aliphatic rings. The summed E-state index contributed by atoms with van der Waals surface area (Å²) in [6, 6.07) is 18.6. The Kier molecular flexibility index (Phi) is 4.52. The number of aromatic nitrogens is 1. The number of hydrogen-bond acceptors (Lipinski definition) is 4. The van der Waals surface area contributed by atoms with Crippen molar-refractivity contribution in [3.8, 4) is 5.75 Å². The molecule has 0 saturated carbocycles. The molecule has 1 N–H and O–H groups in total. The number of rotatable bonds is 4. The lowest BCUT2D eigenvalue weighted by Gasteiger charge is -2.05. The van der Waals surface area contributed by atoms with E-state index in [4.69, 9.17) is 4.74 Å². The number of pyridine rings is 1. The van der Waals surface area contributed by atoms with Gasteiger partial charge in [-0.1, -0.05) is 30.3 Å². The zero-order chi connectivity index (χ0) is 16.9. The average Bonchev–Trinajstić information content (AvgIpc) is 2.65. The summed E-state index contributed by atoms with van der Waals surface area (Å²) in [6.07, 6.45) is 0. The Morgan fingerprint density at radius 3 is 2.75 bits per heavy atom. The first-order valence-electron chi connectivity index (χ1n) is 7.52. The average molecular weight is 319 g/mol. The Hall–Kier alpha value is -3.21. The van der Waals surface area contributed by atoms with Gasteiger partial charge in [0.25, 0.3) is 5.91 Å². The van der Waals surface area contributed by atoms with Crippen LogP contribution in [0.4, 0.5) is 0 Å². The Balaban J connectivity index is 1.78. The van der Waals surface area contributed by atoms with Crippen LogP contribution in [0.15, 0.2) is 65.8 Å². The van der Waals surface area contributed by atoms with Crippen LogP contribution in [0.5, 0.6) is 5.75 Å². The van der Waals surface area contributed by atoms with Gasteiger partial charge in [0.15, 0.2) is 0 Å². The minimum Gasteiger partial charge on any atom is -0.497 e. The first kappa shape index (κ1) is 15.7. The third-order valence-electron chi connectivity index (χ3n) is 3.63. The molecule has 5 nitrogen and oxygen atoms in total. The molecule has 2 aromatic carbocycles. The number of hydrazone groups is 1. The molecule has 1 amide bonds. The number of amides is 1. The second-order valence-corrected chi connectivity index (χ2v) is 5.26. The lowest BCUT2D eigenvalue weighted by Crippen LogP contribution is -2.19. The zero-order valence-corrected chi connectivity index (χ0v) is 13.5. The largest absolute Gasteiger partial charge is 0.497 e. The van der Waals surface area contributed by atoms with Gasteiger partial charge in [0, 0.05) is 10.9 Å². The van der Waals surface area contributed by atoms with Crippen LogP contribution in [0, 0.1) is 0 Å². The highest BCUT2D eigenvalue weighted by molar-refractivity contribution is 6.01. The van der Waals surface area contributed by atoms with E-state index in [1.54, 1.807) is 31.4 Å². The van der Waals surface area contributed by atoms with E-state index in [0.717, 1.165) is 16.6 Å². The van der Waals surface area contributed by atoms with Gasteiger partial charge in [-0.2, -0.15) is 5.10 Å². The van der Waals surface area contributed by atoms with Gasteiger partial charge in [-0.25, -0.2) is 10.4 Å². The number of nitrogens with zero attached hydrogens (tertiary/aromatic N) is 2. The van der Waals surface area contributed by atoms with Crippen molar-refractivity contribution < 1.29 is 9.53 Å². The van der Waals surface area contributed by atoms with Crippen molar-refractivity contribution in [3.05, 3.63) is 71.9 Å². The van der Waals surface area contributed by atoms with Crippen LogP contribution in [0.1, 0.15) is 23.0 Å². The molecular formula is C19H17N3O2. The van der Waals surface area contributed by atoms with E-state index < -0.39 is 0 Å². The minimum atomic E-state index is -0.297. The molecule has 0 fully saturated rings. The number of hydrogen-bond donors (Lipinski definition) is 1. The van der Waals surface area contributed by atoms with E-state index in [1.807, 2.05) is 43.3 Å². The fourth-order valence-electron chi connectivity index (χ4n) is 2.29. The monoisotopic (exact) mass is 319 g/mol. The lowest BCUT2D eigenvalue weighted by atomic mass is 10.2. The topological polar surface area (TPSA) is 63.6 Å². The number of fused-ring (bicyclic) bond motifs is 1. The first-order valence-corrected chi connectivity index (χ1v) is 7.52. The van der Waals surface area contributed by atoms with Gasteiger partial charge < -0.3 is 4.74 Å². The van der Waals surface area contributed by atoms with E-state index in [0.29, 0.717) is 17.0 Å². The molecule has 0 spiro atoms. The molecule has 0 unspecified atom stereocenters. The summed E-state index contributed by atoms with van der Waals surface area (Å²) in [6.45, 7) is 1.81. The highest BCUT2D eigenvalue weighted by Gasteiger charge is 2.07. The molecule has 0 aliphatic carbocycles. The smallest absolute Gasteiger partial charge is 0.271 e. The van der Waals surface area contributed by atoms with Gasteiger partial charge in [0.05, 0.1) is 24.0 Å². The van der Waals surface area contributed by atoms with Crippen LogP contribution < -0.4 is 10.2 Å². The maximum atomic E-state index is 12.2. The second-order valence-electron chi connectivity index (χ2n) is 5.26. The van der Waals surface area contributed by atoms with Crippen molar-refractivity contribution in [3.63, 3.8) is 0 Å². The van der Waals surface area contributed by atoms with Crippen molar-refractivity contribution in [1.82, 2.24) is 10.4 Å². The van der Waals surface area contributed by atoms with Gasteiger partial charge in [-0.3, -0.25) is 4.79 Å². The van der Waals surface area contributed by atoms with E-state index in [1.165, 1.54) is 0 Å². The third kappa shape index (κ3) is 3.41. The molecule has 24 heavy (non-hydrogen) atoms. The van der Waals surface area contributed by atoms with Gasteiger partial charge in [0.1, 0.15) is 5.75 Å². The van der Waals surface area contributed by atoms with E-state index in [-0.39, 0.29) is 5.91 Å². The highest BCUT2D eigenvalue weighted by Crippen LogP contribution is 2.13. The fraction of sp³-hybridized carbons (Fsp3) is 0.105. The Morgan fingerprint density at radius 2 is 1.92 bits per heavy atom. The SMILES string of the molecule is COc1cccc(C(=O)N/N=C(\C)c2ccc3ccccc3n2)c1. The zero-order valence-electron chi connectivity index (χ0n) is 13.5. The maximum absolute atomic E-state index is 12.2. The molecule has 0 radical (unpaired) electrons. The molecule has 0 bridgehead atoms. The quantitative estimate of drug-likeness (QED) is 0.592. The lowest BCUT2D eigenvalue weighted by molar-refractivity contribution is 0.0954. The van der Waals surface area contributed by atoms with Crippen LogP contribution in [0.25, 0.3) is 10.9 Å². The van der Waals surface area contributed by atoms with Crippen molar-refractivity contribution in [2.24, 2.45) is 5.10 Å². The van der Waals surface area contributed by atoms with Gasteiger partial charge in [0.2, 0.25) is 0 Å². The van der Waals surface area contributed by atoms with Crippen LogP contribution in [-0.4, -0.2) is 23.7 Å². The molecule has 3 aromatic rings. The van der Waals surface area contributed by atoms with Gasteiger partial charge in [-0.05, 0) is 37.3 Å². The summed E-state index contributed by atoms with van der Waals surface area (Å²) in [5.74, 6) is 0.327. The summed E-state index contributed by atoms with van der Waals surface area (Å²) >= 11 is 0. The van der Waals surface area contributed by atoms with Crippen LogP contribution in [-0.2, 0) is 0 Å². The summed E-state index contributed by atoms with van der Waals surface area (Å²) in [5.41, 5.74) is 5.28. The molecule has 1 heterocycles. The summed E-state index contributed by atoms with van der Waals surface area (Å²) in [4.78, 5) is 16.7. The van der Waals surface area contributed by atoms with E-state index >= 15 is 0 Å². The Labute approximate surface area is 140 Å². The number of nitrogens with one attached hydrogen (secondary N) is 1. The number of para-hydroxylation sites is 1. The van der Waals surface area contributed by atoms with E-state index in [9.17, 15) is 4.79 Å². The van der Waals surface area contributed by atoms with Crippen LogP contribution >= 0.6 is 0 Å². The molecule has 1 aromatic heterocycles. The molecule has 0 aliphatic heterocycles. The molecule has 0 saturated heterocycles. The number of carbonyl (C=O) groups excluding carboxylic acids is 1. The standard InChI is InChI=1S/C19H17N3O2/c1-13(17-11-10-14-6-3-4-9-18(14)20-17)21-22-19(23)15-7-5-8-16(12-15)24-2/h3-12H,1-2H3,(H,22,23)/b21-13+. The molecule has 0 atom stereocenters. The summed E-state index contributed by atoms with van der Waals surface area (Å²) < 4.78 is 5.11. The summed E-state index contributed by atoms with van der Waals surface area (Å²) in [5, 5.41) is 5.21. The first-order chi connectivity index (χ1) is 11.7. The third-order valence-corrected chi connectivity index (χ3v) is 3.63. The van der Waals surface area contributed by atoms with Crippen LogP contribution in [0.3, 0.4) is 0 Å². The number of methoxy groups -OCH3 is 1. The van der Waals surface area contributed by atoms with Crippen molar-refractivity contribution in [1.29, 1.82) is 0 Å². The normalized spacial score (nSPS) is 11.3. The molecule has 120 valence electrons. The molecule has 5 heteroatoms. The number of benzene rings is 2. The Morgan fingerprint density at radius 1 is 1.08 bits per heavy atom. The Bertz CT molecular complexity index is 919. The van der Waals surface area contributed by atoms with Crippen molar-refractivity contribution >= 4 is 22.5 Å². The minimum absolute atomic E-state index is 0.297. The molecule has 3 rings (SSSR count). The fourth-order valence-corrected chi connectivity index (χ4v) is 2.29. The van der Waals surface area contributed by atoms with Gasteiger partial charge in [-0.15, -0.1) is 0 Å². The maximum Gasteiger partial charge on any atom is 0.271 e. The predicted molar refractivity (Wildman–Crippen MR) is 94.4 cm³/mol. The van der Waals surface area contributed by atoms with Gasteiger partial charge >= 0.3 is 0 Å². The summed E-state index contributed by atoms with van der Waals surface area (Å²) in [7, 11) is 1.56. The number of carbonyl (C=O) groups is 1. The highest BCUT2D eigenvalue weighted by atomic mass is 16.5. The number of ether oxygens (including phenoxy) is 1. The van der Waals surface area contributed by atoms with E-state index in [2.05, 4.69) is 15.5 Å². The predicted octanol–water partition coefficient (Wildman–Crippen LogP) is 3.40. The molecular weight excluding hydrogens is 302 g/mol. The van der Waals surface area contributed by atoms with Crippen molar-refractivity contribution in [2.75, 3.05) is 7.11 Å². The second kappa shape index (κ2) is 6.91. The van der Waals surface area contributed by atoms with Crippen molar-refractivity contribution in [2.45, 2.75) is 6.92 Å².